The molecule has 1 fully saturated rings. The van der Waals surface area contributed by atoms with Crippen molar-refractivity contribution in [2.24, 2.45) is 11.8 Å². The van der Waals surface area contributed by atoms with E-state index >= 15 is 0 Å². The van der Waals surface area contributed by atoms with Crippen LogP contribution in [0, 0.1) is 18.8 Å². The van der Waals surface area contributed by atoms with Crippen molar-refractivity contribution in [3.63, 3.8) is 0 Å². The number of aryl methyl sites for hydroxylation is 1. The first-order valence-corrected chi connectivity index (χ1v) is 9.11. The third-order valence-electron chi connectivity index (χ3n) is 4.89. The van der Waals surface area contributed by atoms with E-state index in [1.54, 1.807) is 7.05 Å². The van der Waals surface area contributed by atoms with Crippen LogP contribution in [0.15, 0.2) is 24.3 Å². The first-order valence-electron chi connectivity index (χ1n) is 9.11. The number of rotatable bonds is 5. The fourth-order valence-electron chi connectivity index (χ4n) is 3.63. The maximum atomic E-state index is 12.7. The molecule has 5 heteroatoms. The molecule has 1 heterocycles. The Balaban J connectivity index is 1.88. The predicted octanol–water partition coefficient (Wildman–Crippen LogP) is 2.76. The minimum Gasteiger partial charge on any atom is -0.335 e. The summed E-state index contributed by atoms with van der Waals surface area (Å²) in [6, 6.07) is 7.45. The van der Waals surface area contributed by atoms with Gasteiger partial charge in [-0.15, -0.1) is 0 Å². The topological polar surface area (TPSA) is 52.7 Å². The number of benzene rings is 1. The number of amides is 2. The molecule has 2 rings (SSSR count). The van der Waals surface area contributed by atoms with E-state index < -0.39 is 0 Å². The van der Waals surface area contributed by atoms with E-state index in [2.05, 4.69) is 24.1 Å². The number of nitrogens with one attached hydrogen (secondary N) is 1. The second-order valence-corrected chi connectivity index (χ2v) is 7.68. The van der Waals surface area contributed by atoms with Crippen molar-refractivity contribution >= 4 is 17.5 Å². The molecule has 5 nitrogen and oxygen atoms in total. The van der Waals surface area contributed by atoms with Crippen molar-refractivity contribution in [1.29, 1.82) is 0 Å². The monoisotopic (exact) mass is 345 g/mol. The van der Waals surface area contributed by atoms with Crippen molar-refractivity contribution in [2.45, 2.75) is 40.2 Å². The van der Waals surface area contributed by atoms with Gasteiger partial charge in [0.1, 0.15) is 0 Å². The molecule has 1 aliphatic rings. The molecule has 3 atom stereocenters. The Morgan fingerprint density at radius 2 is 1.76 bits per heavy atom. The van der Waals surface area contributed by atoms with E-state index in [1.807, 2.05) is 38.1 Å². The van der Waals surface area contributed by atoms with Crippen LogP contribution < -0.4 is 5.32 Å². The fraction of sp³-hybridized carbons (Fsp3) is 0.600. The summed E-state index contributed by atoms with van der Waals surface area (Å²) < 4.78 is 0. The van der Waals surface area contributed by atoms with E-state index in [0.717, 1.165) is 24.3 Å². The Morgan fingerprint density at radius 1 is 1.20 bits per heavy atom. The van der Waals surface area contributed by atoms with Crippen LogP contribution in [0.25, 0.3) is 0 Å². The summed E-state index contributed by atoms with van der Waals surface area (Å²) in [5, 5.41) is 2.84. The highest BCUT2D eigenvalue weighted by atomic mass is 16.2. The molecule has 1 saturated heterocycles. The molecule has 0 aromatic heterocycles. The Hall–Kier alpha value is -1.88. The number of hydrogen-bond acceptors (Lipinski definition) is 3. The number of piperidine rings is 1. The van der Waals surface area contributed by atoms with Gasteiger partial charge in [0.15, 0.2) is 0 Å². The molecular weight excluding hydrogens is 314 g/mol. The van der Waals surface area contributed by atoms with E-state index in [9.17, 15) is 9.59 Å². The second kappa shape index (κ2) is 8.48. The lowest BCUT2D eigenvalue weighted by atomic mass is 9.91. The summed E-state index contributed by atoms with van der Waals surface area (Å²) in [7, 11) is 1.70. The van der Waals surface area contributed by atoms with Gasteiger partial charge in [0.2, 0.25) is 11.8 Å². The smallest absolute Gasteiger partial charge is 0.243 e. The number of carbonyl (C=O) groups excluding carboxylic acids is 2. The van der Waals surface area contributed by atoms with E-state index in [4.69, 9.17) is 0 Å². The van der Waals surface area contributed by atoms with Gasteiger partial charge in [-0.2, -0.15) is 0 Å². The van der Waals surface area contributed by atoms with Gasteiger partial charge < -0.3 is 10.2 Å². The summed E-state index contributed by atoms with van der Waals surface area (Å²) in [5.74, 6) is 1.04. The van der Waals surface area contributed by atoms with Crippen LogP contribution in [0.3, 0.4) is 0 Å². The standard InChI is InChI=1S/C20H31N3O2/c1-14-6-8-18(9-7-14)21-19(24)13-22(5)20(25)17(4)23-11-15(2)10-16(3)12-23/h6-9,15-17H,10-13H2,1-5H3,(H,21,24)/t15-,16-,17+/m1/s1. The zero-order valence-corrected chi connectivity index (χ0v) is 16.1. The molecule has 1 aliphatic heterocycles. The summed E-state index contributed by atoms with van der Waals surface area (Å²) in [4.78, 5) is 28.7. The van der Waals surface area contributed by atoms with Crippen LogP contribution in [-0.4, -0.2) is 54.3 Å². The van der Waals surface area contributed by atoms with Crippen LogP contribution >= 0.6 is 0 Å². The summed E-state index contributed by atoms with van der Waals surface area (Å²) in [5.41, 5.74) is 1.90. The number of likely N-dealkylation sites (N-methyl/N-ethyl adjacent to an activating group) is 1. The van der Waals surface area contributed by atoms with Gasteiger partial charge in [-0.05, 0) is 44.2 Å². The third kappa shape index (κ3) is 5.56. The lowest BCUT2D eigenvalue weighted by Crippen LogP contribution is -2.51. The predicted molar refractivity (Wildman–Crippen MR) is 101 cm³/mol. The van der Waals surface area contributed by atoms with Crippen LogP contribution in [0.2, 0.25) is 0 Å². The minimum atomic E-state index is -0.192. The number of nitrogens with zero attached hydrogens (tertiary/aromatic N) is 2. The molecule has 0 saturated carbocycles. The largest absolute Gasteiger partial charge is 0.335 e. The zero-order chi connectivity index (χ0) is 18.6. The maximum absolute atomic E-state index is 12.7. The first-order chi connectivity index (χ1) is 11.8. The van der Waals surface area contributed by atoms with Crippen molar-refractivity contribution < 1.29 is 9.59 Å². The molecule has 0 aliphatic carbocycles. The summed E-state index contributed by atoms with van der Waals surface area (Å²) in [6.45, 7) is 10.4. The maximum Gasteiger partial charge on any atom is 0.243 e. The molecule has 2 amide bonds. The normalized spacial score (nSPS) is 22.3. The van der Waals surface area contributed by atoms with Crippen LogP contribution in [0.4, 0.5) is 5.69 Å². The van der Waals surface area contributed by atoms with Crippen LogP contribution in [0.1, 0.15) is 32.8 Å². The van der Waals surface area contributed by atoms with Gasteiger partial charge in [0, 0.05) is 25.8 Å². The molecule has 0 spiro atoms. The molecule has 0 radical (unpaired) electrons. The molecule has 0 bridgehead atoms. The molecular formula is C20H31N3O2. The summed E-state index contributed by atoms with van der Waals surface area (Å²) in [6.07, 6.45) is 1.21. The van der Waals surface area contributed by atoms with Gasteiger partial charge in [-0.3, -0.25) is 14.5 Å². The number of hydrogen-bond donors (Lipinski definition) is 1. The molecule has 138 valence electrons. The van der Waals surface area contributed by atoms with Crippen LogP contribution in [0.5, 0.6) is 0 Å². The molecule has 0 unspecified atom stereocenters. The Labute approximate surface area is 151 Å². The van der Waals surface area contributed by atoms with Gasteiger partial charge >= 0.3 is 0 Å². The van der Waals surface area contributed by atoms with Crippen molar-refractivity contribution in [3.05, 3.63) is 29.8 Å². The van der Waals surface area contributed by atoms with Gasteiger partial charge in [-0.25, -0.2) is 0 Å². The van der Waals surface area contributed by atoms with Crippen molar-refractivity contribution in [1.82, 2.24) is 9.80 Å². The zero-order valence-electron chi connectivity index (χ0n) is 16.1. The molecule has 1 aromatic carbocycles. The second-order valence-electron chi connectivity index (χ2n) is 7.68. The quantitative estimate of drug-likeness (QED) is 0.893. The number of anilines is 1. The molecule has 1 N–H and O–H groups in total. The summed E-state index contributed by atoms with van der Waals surface area (Å²) >= 11 is 0. The van der Waals surface area contributed by atoms with Gasteiger partial charge in [0.25, 0.3) is 0 Å². The highest BCUT2D eigenvalue weighted by Crippen LogP contribution is 2.23. The highest BCUT2D eigenvalue weighted by Gasteiger charge is 2.30. The Morgan fingerprint density at radius 3 is 2.32 bits per heavy atom. The number of likely N-dealkylation sites (tertiary alicyclic amines) is 1. The van der Waals surface area contributed by atoms with Gasteiger partial charge in [-0.1, -0.05) is 31.5 Å². The van der Waals surface area contributed by atoms with E-state index in [-0.39, 0.29) is 24.4 Å². The minimum absolute atomic E-state index is 0.000330. The lowest BCUT2D eigenvalue weighted by Gasteiger charge is -2.39. The lowest BCUT2D eigenvalue weighted by molar-refractivity contribution is -0.138. The molecule has 1 aromatic rings. The van der Waals surface area contributed by atoms with Crippen LogP contribution in [-0.2, 0) is 9.59 Å². The van der Waals surface area contributed by atoms with E-state index in [0.29, 0.717) is 11.8 Å². The Kier molecular flexibility index (Phi) is 6.59. The third-order valence-corrected chi connectivity index (χ3v) is 4.89. The average molecular weight is 345 g/mol. The first kappa shape index (κ1) is 19.4. The van der Waals surface area contributed by atoms with Gasteiger partial charge in [0.05, 0.1) is 12.6 Å². The van der Waals surface area contributed by atoms with E-state index in [1.165, 1.54) is 11.3 Å². The Bertz CT molecular complexity index is 589. The number of carbonyl (C=O) groups is 2. The highest BCUT2D eigenvalue weighted by molar-refractivity contribution is 5.95. The van der Waals surface area contributed by atoms with Crippen molar-refractivity contribution in [3.8, 4) is 0 Å². The SMILES string of the molecule is Cc1ccc(NC(=O)CN(C)C(=O)[C@H](C)N2C[C@H](C)C[C@@H](C)C2)cc1. The average Bonchev–Trinajstić information content (AvgIpc) is 2.54. The fourth-order valence-corrected chi connectivity index (χ4v) is 3.63. The van der Waals surface area contributed by atoms with Crippen molar-refractivity contribution in [2.75, 3.05) is 32.0 Å². The molecule has 25 heavy (non-hydrogen) atoms.